The molecule has 0 amide bonds. The van der Waals surface area contributed by atoms with Crippen LogP contribution in [-0.2, 0) is 0 Å². The number of benzene rings is 1. The van der Waals surface area contributed by atoms with Crippen LogP contribution in [0.2, 0.25) is 0 Å². The minimum atomic E-state index is 0.459. The summed E-state index contributed by atoms with van der Waals surface area (Å²) in [4.78, 5) is 7.54. The highest BCUT2D eigenvalue weighted by Crippen LogP contribution is 2.36. The van der Waals surface area contributed by atoms with E-state index in [-0.39, 0.29) is 0 Å². The summed E-state index contributed by atoms with van der Waals surface area (Å²) in [6, 6.07) is 9.06. The number of nitrogens with zero attached hydrogens (tertiary/aromatic N) is 2. The van der Waals surface area contributed by atoms with Crippen molar-refractivity contribution in [1.82, 2.24) is 4.98 Å². The molecule has 0 atom stereocenters. The number of nitrogen functional groups attached to an aromatic ring is 1. The highest BCUT2D eigenvalue weighted by Gasteiger charge is 2.12. The van der Waals surface area contributed by atoms with Gasteiger partial charge < -0.3 is 10.2 Å². The zero-order chi connectivity index (χ0) is 13.8. The Bertz CT molecular complexity index is 634. The Hall–Kier alpha value is -2.10. The van der Waals surface area contributed by atoms with E-state index in [0.717, 1.165) is 15.6 Å². The van der Waals surface area contributed by atoms with Gasteiger partial charge in [0, 0.05) is 11.6 Å². The first-order valence-corrected chi connectivity index (χ1v) is 6.18. The third-order valence-corrected chi connectivity index (χ3v) is 3.39. The number of aromatic nitrogens is 1. The van der Waals surface area contributed by atoms with Crippen molar-refractivity contribution < 1.29 is 4.74 Å². The molecule has 1 aromatic carbocycles. The lowest BCUT2D eigenvalue weighted by Gasteiger charge is -2.11. The number of nitrogens with one attached hydrogen (secondary N) is 1. The average Bonchev–Trinajstić information content (AvgIpc) is 2.47. The minimum absolute atomic E-state index is 0.459. The van der Waals surface area contributed by atoms with Crippen molar-refractivity contribution in [3.8, 4) is 17.0 Å². The molecular formula is C13H11BrN4O. The molecule has 0 spiro atoms. The smallest absolute Gasteiger partial charge is 0.215 e. The van der Waals surface area contributed by atoms with Gasteiger partial charge in [-0.05, 0) is 21.5 Å². The predicted molar refractivity (Wildman–Crippen MR) is 78.0 cm³/mol. The van der Waals surface area contributed by atoms with E-state index in [2.05, 4.69) is 31.2 Å². The summed E-state index contributed by atoms with van der Waals surface area (Å²) in [5.74, 6) is 6.38. The molecule has 0 saturated carbocycles. The molecular weight excluding hydrogens is 308 g/mol. The molecule has 2 rings (SSSR count). The minimum Gasteiger partial charge on any atom is -0.481 e. The van der Waals surface area contributed by atoms with E-state index in [1.165, 1.54) is 0 Å². The fourth-order valence-electron chi connectivity index (χ4n) is 1.63. The van der Waals surface area contributed by atoms with Crippen molar-refractivity contribution >= 4 is 27.4 Å². The van der Waals surface area contributed by atoms with E-state index in [0.29, 0.717) is 17.4 Å². The second kappa shape index (κ2) is 5.69. The molecule has 0 saturated heterocycles. The van der Waals surface area contributed by atoms with Crippen LogP contribution < -0.4 is 16.0 Å². The van der Waals surface area contributed by atoms with Gasteiger partial charge in [-0.1, -0.05) is 24.3 Å². The van der Waals surface area contributed by atoms with Crippen molar-refractivity contribution in [1.29, 1.82) is 0 Å². The van der Waals surface area contributed by atoms with Gasteiger partial charge in [0.2, 0.25) is 5.88 Å². The Morgan fingerprint density at radius 1 is 1.37 bits per heavy atom. The van der Waals surface area contributed by atoms with Gasteiger partial charge in [0.25, 0.3) is 0 Å². The maximum absolute atomic E-state index is 6.95. The number of methoxy groups -OCH3 is 1. The molecule has 0 aliphatic rings. The molecule has 1 heterocycles. The summed E-state index contributed by atoms with van der Waals surface area (Å²) in [6.07, 6.45) is 0. The largest absolute Gasteiger partial charge is 0.481 e. The van der Waals surface area contributed by atoms with Crippen molar-refractivity contribution in [2.24, 2.45) is 5.84 Å². The number of hydrazine groups is 1. The fourth-order valence-corrected chi connectivity index (χ4v) is 2.18. The molecule has 6 heteroatoms. The lowest BCUT2D eigenvalue weighted by molar-refractivity contribution is 0.398. The van der Waals surface area contributed by atoms with Gasteiger partial charge in [0.15, 0.2) is 11.5 Å². The Morgan fingerprint density at radius 3 is 2.58 bits per heavy atom. The standard InChI is InChI=1S/C13H11BrN4O/c1-16-9-5-3-8(4-6-9)10-7-11(19-2)17-13(18-15)12(10)14/h3-7H,15H2,2H3,(H,17,18). The number of ether oxygens (including phenoxy) is 1. The quantitative estimate of drug-likeness (QED) is 0.517. The first-order chi connectivity index (χ1) is 9.19. The van der Waals surface area contributed by atoms with Crippen molar-refractivity contribution in [2.45, 2.75) is 0 Å². The maximum atomic E-state index is 6.95. The van der Waals surface area contributed by atoms with Gasteiger partial charge in [-0.2, -0.15) is 4.98 Å². The Balaban J connectivity index is 2.56. The van der Waals surface area contributed by atoms with E-state index in [1.54, 1.807) is 25.3 Å². The van der Waals surface area contributed by atoms with Crippen LogP contribution in [0.1, 0.15) is 0 Å². The molecule has 0 unspecified atom stereocenters. The summed E-state index contributed by atoms with van der Waals surface area (Å²) in [5.41, 5.74) is 4.94. The molecule has 0 aliphatic carbocycles. The predicted octanol–water partition coefficient (Wildman–Crippen LogP) is 3.36. The van der Waals surface area contributed by atoms with Crippen LogP contribution in [0.5, 0.6) is 5.88 Å². The van der Waals surface area contributed by atoms with Crippen molar-refractivity contribution in [3.63, 3.8) is 0 Å². The topological polar surface area (TPSA) is 64.5 Å². The Kier molecular flexibility index (Phi) is 4.00. The average molecular weight is 319 g/mol. The lowest BCUT2D eigenvalue weighted by Crippen LogP contribution is -2.10. The normalized spacial score (nSPS) is 9.79. The maximum Gasteiger partial charge on any atom is 0.215 e. The van der Waals surface area contributed by atoms with Crippen molar-refractivity contribution in [3.05, 3.63) is 46.2 Å². The lowest BCUT2D eigenvalue weighted by atomic mass is 10.1. The van der Waals surface area contributed by atoms with E-state index in [4.69, 9.17) is 17.2 Å². The van der Waals surface area contributed by atoms with E-state index in [1.807, 2.05) is 12.1 Å². The molecule has 0 fully saturated rings. The van der Waals surface area contributed by atoms with Gasteiger partial charge in [0.05, 0.1) is 18.2 Å². The van der Waals surface area contributed by atoms with Gasteiger partial charge in [0.1, 0.15) is 0 Å². The number of rotatable bonds is 3. The summed E-state index contributed by atoms with van der Waals surface area (Å²) in [6.45, 7) is 6.95. The van der Waals surface area contributed by atoms with Gasteiger partial charge in [-0.3, -0.25) is 0 Å². The molecule has 0 bridgehead atoms. The highest BCUT2D eigenvalue weighted by molar-refractivity contribution is 9.10. The molecule has 96 valence electrons. The zero-order valence-electron chi connectivity index (χ0n) is 10.1. The Labute approximate surface area is 119 Å². The fraction of sp³-hybridized carbons (Fsp3) is 0.0769. The van der Waals surface area contributed by atoms with Crippen LogP contribution >= 0.6 is 15.9 Å². The number of anilines is 1. The Morgan fingerprint density at radius 2 is 2.05 bits per heavy atom. The molecule has 5 nitrogen and oxygen atoms in total. The van der Waals surface area contributed by atoms with Crippen LogP contribution in [0.25, 0.3) is 16.0 Å². The van der Waals surface area contributed by atoms with Gasteiger partial charge in [-0.15, -0.1) is 0 Å². The van der Waals surface area contributed by atoms with E-state index in [9.17, 15) is 0 Å². The SMILES string of the molecule is [C-]#[N+]c1ccc(-c2cc(OC)nc(NN)c2Br)cc1. The number of nitrogens with two attached hydrogens (primary N) is 1. The van der Waals surface area contributed by atoms with Crippen LogP contribution in [0.3, 0.4) is 0 Å². The first-order valence-electron chi connectivity index (χ1n) is 5.38. The summed E-state index contributed by atoms with van der Waals surface area (Å²) < 4.78 is 5.88. The van der Waals surface area contributed by atoms with Crippen molar-refractivity contribution in [2.75, 3.05) is 12.5 Å². The first kappa shape index (κ1) is 13.3. The van der Waals surface area contributed by atoms with Gasteiger partial charge >= 0.3 is 0 Å². The van der Waals surface area contributed by atoms with E-state index >= 15 is 0 Å². The van der Waals surface area contributed by atoms with Crippen LogP contribution in [-0.4, -0.2) is 12.1 Å². The van der Waals surface area contributed by atoms with Crippen LogP contribution in [0.15, 0.2) is 34.8 Å². The third kappa shape index (κ3) is 2.67. The summed E-state index contributed by atoms with van der Waals surface area (Å²) in [5, 5.41) is 0. The van der Waals surface area contributed by atoms with E-state index < -0.39 is 0 Å². The molecule has 19 heavy (non-hydrogen) atoms. The second-order valence-electron chi connectivity index (χ2n) is 3.68. The molecule has 2 aromatic rings. The zero-order valence-corrected chi connectivity index (χ0v) is 11.7. The number of hydrogen-bond acceptors (Lipinski definition) is 4. The second-order valence-corrected chi connectivity index (χ2v) is 4.47. The summed E-state index contributed by atoms with van der Waals surface area (Å²) >= 11 is 3.46. The molecule has 0 aliphatic heterocycles. The third-order valence-electron chi connectivity index (χ3n) is 2.59. The molecule has 1 aromatic heterocycles. The molecule has 3 N–H and O–H groups in total. The number of halogens is 1. The van der Waals surface area contributed by atoms with Gasteiger partial charge in [-0.25, -0.2) is 10.7 Å². The number of hydrogen-bond donors (Lipinski definition) is 2. The summed E-state index contributed by atoms with van der Waals surface area (Å²) in [7, 11) is 1.54. The van der Waals surface area contributed by atoms with Crippen LogP contribution in [0, 0.1) is 6.57 Å². The molecule has 0 radical (unpaired) electrons. The highest BCUT2D eigenvalue weighted by atomic mass is 79.9. The monoisotopic (exact) mass is 318 g/mol. The van der Waals surface area contributed by atoms with Crippen LogP contribution in [0.4, 0.5) is 11.5 Å². The number of pyridine rings is 1.